The van der Waals surface area contributed by atoms with Gasteiger partial charge in [-0.1, -0.05) is 57.9 Å². The fraction of sp³-hybridized carbons (Fsp3) is 0.520. The van der Waals surface area contributed by atoms with Crippen LogP contribution >= 0.6 is 0 Å². The van der Waals surface area contributed by atoms with Gasteiger partial charge < -0.3 is 16.0 Å². The second-order valence-electron chi connectivity index (χ2n) is 7.96. The molecule has 0 amide bonds. The molecule has 32 heavy (non-hydrogen) atoms. The predicted octanol–water partition coefficient (Wildman–Crippen LogP) is 5.38. The number of anilines is 2. The summed E-state index contributed by atoms with van der Waals surface area (Å²) in [5, 5.41) is 12.8. The maximum Gasteiger partial charge on any atom is 0.222 e. The molecule has 3 N–H and O–H groups in total. The van der Waals surface area contributed by atoms with Crippen LogP contribution in [-0.2, 0) is 0 Å². The Hall–Kier alpha value is -3.14. The third kappa shape index (κ3) is 8.54. The highest BCUT2D eigenvalue weighted by Gasteiger charge is 2.18. The van der Waals surface area contributed by atoms with E-state index in [0.29, 0.717) is 29.7 Å². The quantitative estimate of drug-likeness (QED) is 0.259. The van der Waals surface area contributed by atoms with Gasteiger partial charge in [0.05, 0.1) is 12.2 Å². The van der Waals surface area contributed by atoms with Crippen LogP contribution in [0.25, 0.3) is 0 Å². The van der Waals surface area contributed by atoms with Gasteiger partial charge in [-0.05, 0) is 39.2 Å². The Balaban J connectivity index is 3.35. The van der Waals surface area contributed by atoms with Gasteiger partial charge in [0.15, 0.2) is 0 Å². The third-order valence-corrected chi connectivity index (χ3v) is 5.13. The number of allylic oxidation sites excluding steroid dienone is 5. The second-order valence-corrected chi connectivity index (χ2v) is 7.96. The Labute approximate surface area is 193 Å². The standard InChI is InChI=1S/C25H39N7/c1-8-12-20(15-11-14-18(4)5)30-23(32(7)21(10-3)13-9-2)17-28-24-22(16-26)19(6)29-25(27)31-24/h11,14-15,21H,4,8-10,12-13,17H2,1-3,5-7H3,(H3,27,28,29,31)/b14-11-,20-15+,30-23-. The van der Waals surface area contributed by atoms with Crippen molar-refractivity contribution >= 4 is 17.6 Å². The molecular formula is C25H39N7. The number of aryl methyl sites for hydroxylation is 1. The van der Waals surface area contributed by atoms with Crippen molar-refractivity contribution in [2.45, 2.75) is 72.8 Å². The van der Waals surface area contributed by atoms with Crippen LogP contribution in [0.2, 0.25) is 0 Å². The lowest BCUT2D eigenvalue weighted by atomic mass is 10.1. The zero-order valence-electron chi connectivity index (χ0n) is 20.6. The van der Waals surface area contributed by atoms with E-state index in [1.165, 1.54) is 0 Å². The summed E-state index contributed by atoms with van der Waals surface area (Å²) in [6.07, 6.45) is 11.1. The lowest BCUT2D eigenvalue weighted by Gasteiger charge is -2.31. The van der Waals surface area contributed by atoms with Gasteiger partial charge in [-0.3, -0.25) is 0 Å². The minimum Gasteiger partial charge on any atom is -0.368 e. The predicted molar refractivity (Wildman–Crippen MR) is 136 cm³/mol. The number of hydrogen-bond acceptors (Lipinski definition) is 6. The van der Waals surface area contributed by atoms with Gasteiger partial charge in [0, 0.05) is 18.8 Å². The molecule has 1 atom stereocenters. The molecule has 1 heterocycles. The molecule has 0 aliphatic heterocycles. The summed E-state index contributed by atoms with van der Waals surface area (Å²) in [6, 6.07) is 2.55. The van der Waals surface area contributed by atoms with E-state index in [9.17, 15) is 5.26 Å². The van der Waals surface area contributed by atoms with Gasteiger partial charge in [-0.15, -0.1) is 0 Å². The van der Waals surface area contributed by atoms with E-state index in [1.54, 1.807) is 6.92 Å². The third-order valence-electron chi connectivity index (χ3n) is 5.13. The molecule has 1 aromatic heterocycles. The normalized spacial score (nSPS) is 13.2. The van der Waals surface area contributed by atoms with Crippen LogP contribution in [0.15, 0.2) is 41.1 Å². The molecule has 0 saturated carbocycles. The van der Waals surface area contributed by atoms with E-state index in [1.807, 2.05) is 25.2 Å². The van der Waals surface area contributed by atoms with Crippen LogP contribution < -0.4 is 11.1 Å². The molecule has 0 aliphatic carbocycles. The Morgan fingerprint density at radius 1 is 1.31 bits per heavy atom. The number of rotatable bonds is 12. The number of hydrogen-bond donors (Lipinski definition) is 2. The number of amidine groups is 1. The highest BCUT2D eigenvalue weighted by atomic mass is 15.2. The number of likely N-dealkylation sites (N-methyl/N-ethyl adjacent to an activating group) is 1. The van der Waals surface area contributed by atoms with Crippen molar-refractivity contribution in [2.75, 3.05) is 24.6 Å². The summed E-state index contributed by atoms with van der Waals surface area (Å²) in [5.41, 5.74) is 8.77. The average molecular weight is 438 g/mol. The maximum atomic E-state index is 9.54. The van der Waals surface area contributed by atoms with Gasteiger partial charge in [0.25, 0.3) is 0 Å². The van der Waals surface area contributed by atoms with Gasteiger partial charge in [0.1, 0.15) is 23.3 Å². The van der Waals surface area contributed by atoms with E-state index in [4.69, 9.17) is 10.7 Å². The van der Waals surface area contributed by atoms with Crippen LogP contribution in [0.5, 0.6) is 0 Å². The largest absolute Gasteiger partial charge is 0.368 e. The number of aromatic nitrogens is 2. The summed E-state index contributed by atoms with van der Waals surface area (Å²) in [7, 11) is 2.09. The van der Waals surface area contributed by atoms with Crippen molar-refractivity contribution < 1.29 is 0 Å². The lowest BCUT2D eigenvalue weighted by Crippen LogP contribution is -2.40. The molecule has 1 rings (SSSR count). The van der Waals surface area contributed by atoms with Crippen LogP contribution in [0, 0.1) is 18.3 Å². The topological polar surface area (TPSA) is 103 Å². The smallest absolute Gasteiger partial charge is 0.222 e. The molecule has 0 spiro atoms. The van der Waals surface area contributed by atoms with E-state index < -0.39 is 0 Å². The van der Waals surface area contributed by atoms with E-state index in [-0.39, 0.29) is 5.95 Å². The van der Waals surface area contributed by atoms with Crippen LogP contribution in [-0.4, -0.2) is 40.3 Å². The number of nitrogens with two attached hydrogens (primary N) is 1. The van der Waals surface area contributed by atoms with Crippen molar-refractivity contribution in [3.05, 3.63) is 47.3 Å². The molecular weight excluding hydrogens is 398 g/mol. The summed E-state index contributed by atoms with van der Waals surface area (Å²) in [5.74, 6) is 1.47. The van der Waals surface area contributed by atoms with E-state index in [0.717, 1.165) is 49.2 Å². The summed E-state index contributed by atoms with van der Waals surface area (Å²) >= 11 is 0. The lowest BCUT2D eigenvalue weighted by molar-refractivity contribution is 0.330. The molecule has 0 fully saturated rings. The zero-order chi connectivity index (χ0) is 24.1. The Morgan fingerprint density at radius 3 is 2.59 bits per heavy atom. The Bertz CT molecular complexity index is 890. The average Bonchev–Trinajstić information content (AvgIpc) is 2.73. The first kappa shape index (κ1) is 26.9. The molecule has 0 bridgehead atoms. The first-order chi connectivity index (χ1) is 15.3. The Kier molecular flexibility index (Phi) is 11.8. The fourth-order valence-electron chi connectivity index (χ4n) is 3.40. The van der Waals surface area contributed by atoms with Crippen molar-refractivity contribution in [1.29, 1.82) is 5.26 Å². The molecule has 7 heteroatoms. The number of nitriles is 1. The second kappa shape index (κ2) is 14.0. The summed E-state index contributed by atoms with van der Waals surface area (Å²) in [6.45, 7) is 14.6. The molecule has 0 saturated heterocycles. The first-order valence-electron chi connectivity index (χ1n) is 11.4. The summed E-state index contributed by atoms with van der Waals surface area (Å²) < 4.78 is 0. The number of nitrogens with one attached hydrogen (secondary N) is 1. The molecule has 1 unspecified atom stereocenters. The van der Waals surface area contributed by atoms with E-state index >= 15 is 0 Å². The minimum atomic E-state index is 0.143. The van der Waals surface area contributed by atoms with Gasteiger partial charge in [-0.2, -0.15) is 10.2 Å². The van der Waals surface area contributed by atoms with Gasteiger partial charge in [-0.25, -0.2) is 9.98 Å². The SMILES string of the molecule is C=C(C)\C=C/C=C(CCC)/N=C(/CNc1nc(N)nc(C)c1C#N)N(C)C(CC)CCC. The van der Waals surface area contributed by atoms with E-state index in [2.05, 4.69) is 60.7 Å². The number of nitrogens with zero attached hydrogens (tertiary/aromatic N) is 5. The molecule has 174 valence electrons. The number of nitrogen functional groups attached to an aromatic ring is 1. The molecule has 1 aromatic rings. The fourth-order valence-corrected chi connectivity index (χ4v) is 3.40. The highest BCUT2D eigenvalue weighted by molar-refractivity contribution is 5.87. The molecule has 0 aliphatic rings. The minimum absolute atomic E-state index is 0.143. The molecule has 0 aromatic carbocycles. The molecule has 0 radical (unpaired) electrons. The summed E-state index contributed by atoms with van der Waals surface area (Å²) in [4.78, 5) is 15.6. The van der Waals surface area contributed by atoms with Crippen LogP contribution in [0.3, 0.4) is 0 Å². The molecule has 7 nitrogen and oxygen atoms in total. The van der Waals surface area contributed by atoms with Gasteiger partial charge in [0.2, 0.25) is 5.95 Å². The van der Waals surface area contributed by atoms with Crippen LogP contribution in [0.4, 0.5) is 11.8 Å². The van der Waals surface area contributed by atoms with Crippen molar-refractivity contribution in [3.63, 3.8) is 0 Å². The highest BCUT2D eigenvalue weighted by Crippen LogP contribution is 2.18. The number of aliphatic imine (C=N–C) groups is 1. The Morgan fingerprint density at radius 2 is 2.03 bits per heavy atom. The van der Waals surface area contributed by atoms with Crippen molar-refractivity contribution in [3.8, 4) is 6.07 Å². The first-order valence-corrected chi connectivity index (χ1v) is 11.4. The van der Waals surface area contributed by atoms with Crippen LogP contribution in [0.1, 0.15) is 71.1 Å². The van der Waals surface area contributed by atoms with Crippen molar-refractivity contribution in [1.82, 2.24) is 14.9 Å². The van der Waals surface area contributed by atoms with Crippen molar-refractivity contribution in [2.24, 2.45) is 4.99 Å². The maximum absolute atomic E-state index is 9.54. The van der Waals surface area contributed by atoms with Gasteiger partial charge >= 0.3 is 0 Å². The zero-order valence-corrected chi connectivity index (χ0v) is 20.6. The monoisotopic (exact) mass is 437 g/mol.